The van der Waals surface area contributed by atoms with E-state index in [0.717, 1.165) is 12.0 Å². The fraction of sp³-hybridized carbons (Fsp3) is 0.292. The quantitative estimate of drug-likeness (QED) is 0.405. The van der Waals surface area contributed by atoms with Crippen LogP contribution in [-0.2, 0) is 17.9 Å². The second-order valence-corrected chi connectivity index (χ2v) is 8.14. The molecule has 0 spiro atoms. The number of benzene rings is 2. The summed E-state index contributed by atoms with van der Waals surface area (Å²) in [5.74, 6) is 0.125. The zero-order valence-electron chi connectivity index (χ0n) is 19.1. The lowest BCUT2D eigenvalue weighted by atomic mass is 10.2. The number of rotatable bonds is 10. The average molecular weight is 486 g/mol. The van der Waals surface area contributed by atoms with E-state index in [1.54, 1.807) is 23.1 Å². The van der Waals surface area contributed by atoms with E-state index in [1.807, 2.05) is 37.3 Å². The number of hydrogen-bond donors (Lipinski definition) is 3. The van der Waals surface area contributed by atoms with Crippen molar-refractivity contribution in [3.8, 4) is 5.75 Å². The van der Waals surface area contributed by atoms with E-state index in [2.05, 4.69) is 10.3 Å². The number of carbonyl (C=O) groups excluding carboxylic acids is 1. The number of anilines is 3. The number of nitrogens with one attached hydrogen (secondary N) is 2. The molecule has 3 aromatic rings. The predicted octanol–water partition coefficient (Wildman–Crippen LogP) is 3.23. The van der Waals surface area contributed by atoms with Gasteiger partial charge in [-0.15, -0.1) is 0 Å². The Kier molecular flexibility index (Phi) is 8.37. The van der Waals surface area contributed by atoms with Crippen LogP contribution in [0.15, 0.2) is 58.1 Å². The standard InChI is InChI=1S/C24H28ClN5O4/c1-3-4-12-30-22(26)21(23(32)28-24(30)33)29(14-16-8-6-5-7-9-16)15-20(31)27-17-10-11-19(34-2)18(25)13-17/h5-11,13H,3-4,12,14-15,26H2,1-2H3,(H,27,31)(H,28,32,33). The van der Waals surface area contributed by atoms with E-state index in [1.165, 1.54) is 11.7 Å². The van der Waals surface area contributed by atoms with Gasteiger partial charge in [0, 0.05) is 18.8 Å². The van der Waals surface area contributed by atoms with Gasteiger partial charge in [0.1, 0.15) is 17.3 Å². The van der Waals surface area contributed by atoms with Crippen LogP contribution in [0.1, 0.15) is 25.3 Å². The van der Waals surface area contributed by atoms with Gasteiger partial charge in [-0.1, -0.05) is 55.3 Å². The maximum Gasteiger partial charge on any atom is 0.330 e. The first-order valence-electron chi connectivity index (χ1n) is 10.9. The molecule has 1 heterocycles. The van der Waals surface area contributed by atoms with Gasteiger partial charge in [-0.05, 0) is 30.2 Å². The third kappa shape index (κ3) is 5.99. The molecular formula is C24H28ClN5O4. The Bertz CT molecular complexity index is 1260. The van der Waals surface area contributed by atoms with Gasteiger partial charge in [-0.3, -0.25) is 19.1 Å². The van der Waals surface area contributed by atoms with E-state index in [9.17, 15) is 14.4 Å². The second-order valence-electron chi connectivity index (χ2n) is 7.74. The van der Waals surface area contributed by atoms with Crippen LogP contribution >= 0.6 is 11.6 Å². The molecule has 0 aliphatic carbocycles. The van der Waals surface area contributed by atoms with Crippen LogP contribution in [-0.4, -0.2) is 29.1 Å². The van der Waals surface area contributed by atoms with Gasteiger partial charge in [-0.25, -0.2) is 4.79 Å². The van der Waals surface area contributed by atoms with Gasteiger partial charge >= 0.3 is 5.69 Å². The molecule has 0 aliphatic heterocycles. The van der Waals surface area contributed by atoms with E-state index >= 15 is 0 Å². The van der Waals surface area contributed by atoms with E-state index in [-0.39, 0.29) is 30.5 Å². The fourth-order valence-corrected chi connectivity index (χ4v) is 3.81. The molecule has 0 bridgehead atoms. The van der Waals surface area contributed by atoms with Crippen molar-refractivity contribution in [3.63, 3.8) is 0 Å². The van der Waals surface area contributed by atoms with Crippen molar-refractivity contribution >= 4 is 34.7 Å². The molecule has 0 atom stereocenters. The molecule has 1 aromatic heterocycles. The highest BCUT2D eigenvalue weighted by Gasteiger charge is 2.21. The van der Waals surface area contributed by atoms with Crippen molar-refractivity contribution in [2.45, 2.75) is 32.9 Å². The molecule has 180 valence electrons. The van der Waals surface area contributed by atoms with E-state index in [0.29, 0.717) is 29.4 Å². The molecule has 0 unspecified atom stereocenters. The fourth-order valence-electron chi connectivity index (χ4n) is 3.56. The summed E-state index contributed by atoms with van der Waals surface area (Å²) in [7, 11) is 1.50. The molecule has 0 saturated carbocycles. The monoisotopic (exact) mass is 485 g/mol. The highest BCUT2D eigenvalue weighted by molar-refractivity contribution is 6.32. The van der Waals surface area contributed by atoms with Crippen molar-refractivity contribution < 1.29 is 9.53 Å². The van der Waals surface area contributed by atoms with Gasteiger partial charge < -0.3 is 20.7 Å². The van der Waals surface area contributed by atoms with Crippen molar-refractivity contribution in [3.05, 3.63) is 80.0 Å². The summed E-state index contributed by atoms with van der Waals surface area (Å²) in [6.07, 6.45) is 1.56. The number of amides is 1. The van der Waals surface area contributed by atoms with Gasteiger partial charge in [0.2, 0.25) is 5.91 Å². The lowest BCUT2D eigenvalue weighted by Gasteiger charge is -2.26. The summed E-state index contributed by atoms with van der Waals surface area (Å²) in [4.78, 5) is 42.0. The molecule has 0 aliphatic rings. The Hall–Kier alpha value is -3.72. The molecule has 0 fully saturated rings. The molecule has 2 aromatic carbocycles. The first kappa shape index (κ1) is 24.9. The van der Waals surface area contributed by atoms with Crippen molar-refractivity contribution in [1.29, 1.82) is 0 Å². The number of hydrogen-bond acceptors (Lipinski definition) is 6. The van der Waals surface area contributed by atoms with Crippen LogP contribution in [0.4, 0.5) is 17.2 Å². The lowest BCUT2D eigenvalue weighted by Crippen LogP contribution is -2.41. The summed E-state index contributed by atoms with van der Waals surface area (Å²) >= 11 is 6.16. The second kappa shape index (κ2) is 11.4. The lowest BCUT2D eigenvalue weighted by molar-refractivity contribution is -0.115. The minimum atomic E-state index is -0.647. The smallest absolute Gasteiger partial charge is 0.330 e. The van der Waals surface area contributed by atoms with Crippen LogP contribution in [0.5, 0.6) is 5.75 Å². The SMILES string of the molecule is CCCCn1c(N)c(N(CC(=O)Nc2ccc(OC)c(Cl)c2)Cc2ccccc2)c(=O)[nH]c1=O. The highest BCUT2D eigenvalue weighted by atomic mass is 35.5. The number of H-pyrrole nitrogens is 1. The Morgan fingerprint density at radius 3 is 2.59 bits per heavy atom. The zero-order chi connectivity index (χ0) is 24.7. The molecule has 34 heavy (non-hydrogen) atoms. The topological polar surface area (TPSA) is 122 Å². The molecule has 0 radical (unpaired) electrons. The van der Waals surface area contributed by atoms with Crippen LogP contribution in [0.2, 0.25) is 5.02 Å². The minimum Gasteiger partial charge on any atom is -0.495 e. The largest absolute Gasteiger partial charge is 0.495 e. The number of ether oxygens (including phenoxy) is 1. The van der Waals surface area contributed by atoms with Crippen LogP contribution in [0, 0.1) is 0 Å². The number of aromatic amines is 1. The van der Waals surface area contributed by atoms with Crippen LogP contribution in [0.25, 0.3) is 0 Å². The van der Waals surface area contributed by atoms with Crippen LogP contribution < -0.4 is 31.9 Å². The molecule has 10 heteroatoms. The van der Waals surface area contributed by atoms with Crippen molar-refractivity contribution in [1.82, 2.24) is 9.55 Å². The number of nitrogens with two attached hydrogens (primary N) is 1. The maximum atomic E-state index is 12.9. The molecule has 1 amide bonds. The number of methoxy groups -OCH3 is 1. The van der Waals surface area contributed by atoms with Crippen molar-refractivity contribution in [2.24, 2.45) is 0 Å². The number of nitrogens with zero attached hydrogens (tertiary/aromatic N) is 2. The normalized spacial score (nSPS) is 10.7. The van der Waals surface area contributed by atoms with Crippen LogP contribution in [0.3, 0.4) is 0 Å². The Balaban J connectivity index is 1.95. The van der Waals surface area contributed by atoms with Crippen molar-refractivity contribution in [2.75, 3.05) is 29.6 Å². The Morgan fingerprint density at radius 2 is 1.94 bits per heavy atom. The first-order valence-corrected chi connectivity index (χ1v) is 11.3. The summed E-state index contributed by atoms with van der Waals surface area (Å²) in [5.41, 5.74) is 6.50. The Morgan fingerprint density at radius 1 is 1.21 bits per heavy atom. The number of unbranched alkanes of at least 4 members (excludes halogenated alkanes) is 1. The molecule has 3 rings (SSSR count). The number of carbonyl (C=O) groups is 1. The summed E-state index contributed by atoms with van der Waals surface area (Å²) in [5, 5.41) is 3.13. The number of halogens is 1. The van der Waals surface area contributed by atoms with Gasteiger partial charge in [0.05, 0.1) is 18.7 Å². The molecular weight excluding hydrogens is 458 g/mol. The average Bonchev–Trinajstić information content (AvgIpc) is 2.79. The number of aromatic nitrogens is 2. The van der Waals surface area contributed by atoms with Gasteiger partial charge in [0.25, 0.3) is 5.56 Å². The highest BCUT2D eigenvalue weighted by Crippen LogP contribution is 2.27. The maximum absolute atomic E-state index is 12.9. The summed E-state index contributed by atoms with van der Waals surface area (Å²) in [6, 6.07) is 14.2. The molecule has 4 N–H and O–H groups in total. The van der Waals surface area contributed by atoms with E-state index in [4.69, 9.17) is 22.1 Å². The Labute approximate surface area is 202 Å². The van der Waals surface area contributed by atoms with Gasteiger partial charge in [0.15, 0.2) is 0 Å². The predicted molar refractivity (Wildman–Crippen MR) is 135 cm³/mol. The first-order chi connectivity index (χ1) is 16.3. The molecule has 0 saturated heterocycles. The third-order valence-electron chi connectivity index (χ3n) is 5.25. The number of nitrogen functional groups attached to an aromatic ring is 1. The zero-order valence-corrected chi connectivity index (χ0v) is 19.9. The molecule has 9 nitrogen and oxygen atoms in total. The summed E-state index contributed by atoms with van der Waals surface area (Å²) in [6.45, 7) is 2.40. The van der Waals surface area contributed by atoms with Gasteiger partial charge in [-0.2, -0.15) is 0 Å². The minimum absolute atomic E-state index is 0.0263. The van der Waals surface area contributed by atoms with E-state index < -0.39 is 11.2 Å². The third-order valence-corrected chi connectivity index (χ3v) is 5.55. The summed E-state index contributed by atoms with van der Waals surface area (Å²) < 4.78 is 6.47.